The molecule has 3 aromatic carbocycles. The van der Waals surface area contributed by atoms with Gasteiger partial charge in [0.05, 0.1) is 17.8 Å². The van der Waals surface area contributed by atoms with Gasteiger partial charge in [0.1, 0.15) is 5.69 Å². The number of benzene rings is 3. The highest BCUT2D eigenvalue weighted by atomic mass is 32.2. The van der Waals surface area contributed by atoms with Crippen molar-refractivity contribution in [2.75, 3.05) is 10.6 Å². The van der Waals surface area contributed by atoms with Crippen LogP contribution in [-0.4, -0.2) is 28.5 Å². The van der Waals surface area contributed by atoms with Gasteiger partial charge in [0.15, 0.2) is 0 Å². The molecular formula is C30H38N2O4S. The van der Waals surface area contributed by atoms with Crippen LogP contribution in [0, 0.1) is 25.7 Å². The van der Waals surface area contributed by atoms with Crippen molar-refractivity contribution in [3.05, 3.63) is 75.2 Å². The molecule has 0 saturated carbocycles. The lowest BCUT2D eigenvalue weighted by Gasteiger charge is -2.35. The fourth-order valence-electron chi connectivity index (χ4n) is 4.62. The third-order valence-electron chi connectivity index (χ3n) is 6.04. The van der Waals surface area contributed by atoms with E-state index in [0.29, 0.717) is 5.69 Å². The minimum absolute atomic E-state index is 0.250. The van der Waals surface area contributed by atoms with Gasteiger partial charge in [-0.25, -0.2) is 0 Å². The Hall–Kier alpha value is -3.16. The average molecular weight is 523 g/mol. The summed E-state index contributed by atoms with van der Waals surface area (Å²) in [5.74, 6) is 0. The number of aryl methyl sites for hydroxylation is 1. The second-order valence-electron chi connectivity index (χ2n) is 9.97. The Morgan fingerprint density at radius 3 is 2.08 bits per heavy atom. The topological polar surface area (TPSA) is 90.2 Å². The molecular weight excluding hydrogens is 484 g/mol. The highest BCUT2D eigenvalue weighted by Gasteiger charge is 2.29. The third kappa shape index (κ3) is 7.21. The van der Waals surface area contributed by atoms with E-state index in [-0.39, 0.29) is 6.47 Å². The van der Waals surface area contributed by atoms with Crippen LogP contribution in [0.1, 0.15) is 55.5 Å². The zero-order valence-corrected chi connectivity index (χ0v) is 23.9. The van der Waals surface area contributed by atoms with Crippen molar-refractivity contribution in [3.63, 3.8) is 0 Å². The Bertz CT molecular complexity index is 1240. The summed E-state index contributed by atoms with van der Waals surface area (Å²) in [6, 6.07) is 14.6. The first kappa shape index (κ1) is 30.1. The van der Waals surface area contributed by atoms with Crippen LogP contribution < -0.4 is 4.31 Å². The lowest BCUT2D eigenvalue weighted by atomic mass is 9.81. The van der Waals surface area contributed by atoms with Crippen molar-refractivity contribution in [2.24, 2.45) is 5.18 Å². The number of anilines is 1. The van der Waals surface area contributed by atoms with Crippen LogP contribution in [0.4, 0.5) is 11.4 Å². The number of carboxylic acid groups (broad SMARTS) is 1. The quantitative estimate of drug-likeness (QED) is 0.205. The van der Waals surface area contributed by atoms with E-state index in [1.165, 1.54) is 50.2 Å². The maximum atomic E-state index is 11.2. The molecule has 37 heavy (non-hydrogen) atoms. The van der Waals surface area contributed by atoms with Crippen molar-refractivity contribution < 1.29 is 15.0 Å². The molecule has 2 N–H and O–H groups in total. The molecule has 0 unspecified atom stereocenters. The molecule has 0 aliphatic carbocycles. The largest absolute Gasteiger partial charge is 0.483 e. The lowest BCUT2D eigenvalue weighted by molar-refractivity contribution is -0.122. The summed E-state index contributed by atoms with van der Waals surface area (Å²) >= 11 is 1.76. The van der Waals surface area contributed by atoms with Gasteiger partial charge in [-0.3, -0.25) is 4.79 Å². The molecule has 3 aromatic rings. The zero-order chi connectivity index (χ0) is 27.9. The molecule has 1 aliphatic heterocycles. The average Bonchev–Trinajstić information content (AvgIpc) is 2.84. The number of hydrogen-bond acceptors (Lipinski definition) is 6. The van der Waals surface area contributed by atoms with E-state index in [9.17, 15) is 4.91 Å². The Morgan fingerprint density at radius 1 is 1.03 bits per heavy atom. The van der Waals surface area contributed by atoms with E-state index in [1.807, 2.05) is 18.2 Å². The maximum Gasteiger partial charge on any atom is 0.290 e. The van der Waals surface area contributed by atoms with Gasteiger partial charge < -0.3 is 14.5 Å². The van der Waals surface area contributed by atoms with Crippen LogP contribution >= 0.6 is 11.9 Å². The van der Waals surface area contributed by atoms with Gasteiger partial charge in [0.25, 0.3) is 6.47 Å². The Balaban J connectivity index is 0.000000530. The van der Waals surface area contributed by atoms with Crippen molar-refractivity contribution in [2.45, 2.75) is 67.0 Å². The second-order valence-corrected chi connectivity index (χ2v) is 10.8. The zero-order valence-electron chi connectivity index (χ0n) is 23.0. The summed E-state index contributed by atoms with van der Waals surface area (Å²) in [4.78, 5) is 19.6. The van der Waals surface area contributed by atoms with Crippen LogP contribution in [0.5, 0.6) is 0 Å². The highest BCUT2D eigenvalue weighted by Crippen LogP contribution is 2.50. The predicted molar refractivity (Wildman–Crippen MR) is 157 cm³/mol. The van der Waals surface area contributed by atoms with Crippen LogP contribution in [0.3, 0.4) is 0 Å². The van der Waals surface area contributed by atoms with Gasteiger partial charge in [-0.15, -0.1) is 4.91 Å². The molecule has 0 spiro atoms. The lowest BCUT2D eigenvalue weighted by Crippen LogP contribution is -2.22. The molecule has 0 bridgehead atoms. The number of hydrogen-bond donors (Lipinski definition) is 2. The third-order valence-corrected chi connectivity index (χ3v) is 6.79. The van der Waals surface area contributed by atoms with Crippen molar-refractivity contribution in [1.82, 2.24) is 0 Å². The van der Waals surface area contributed by atoms with E-state index in [2.05, 4.69) is 67.7 Å². The molecule has 7 heteroatoms. The molecule has 198 valence electrons. The van der Waals surface area contributed by atoms with Gasteiger partial charge >= 0.3 is 0 Å². The Kier molecular flexibility index (Phi) is 10.5. The summed E-state index contributed by atoms with van der Waals surface area (Å²) in [5.41, 5.74) is 12.7. The van der Waals surface area contributed by atoms with Crippen molar-refractivity contribution >= 4 is 29.8 Å². The van der Waals surface area contributed by atoms with E-state index in [0.717, 1.165) is 18.5 Å². The fourth-order valence-corrected chi connectivity index (χ4v) is 5.30. The van der Waals surface area contributed by atoms with Gasteiger partial charge in [0.2, 0.25) is 0 Å². The first-order valence-corrected chi connectivity index (χ1v) is 13.4. The van der Waals surface area contributed by atoms with Gasteiger partial charge in [0, 0.05) is 11.8 Å². The van der Waals surface area contributed by atoms with Gasteiger partial charge in [-0.05, 0) is 104 Å². The standard InChI is InChI=1S/C25H26N2OS.C4H10O.CH2O2/c1-6-21-16(3)25-24(17(4)23(21)18-9-7-15(2)8-10-18)22-13-20(26-28)12-11-19(22)14-27(25)29-5;1-4(2,3)5;2-1-3/h7-13H,6,14H2,1-5H3;5H,1-3H3;1H,(H,2,3). The molecule has 0 fully saturated rings. The van der Waals surface area contributed by atoms with Crippen molar-refractivity contribution in [1.29, 1.82) is 0 Å². The maximum absolute atomic E-state index is 11.2. The minimum Gasteiger partial charge on any atom is -0.483 e. The first-order chi connectivity index (χ1) is 17.4. The number of nitrogens with zero attached hydrogens (tertiary/aromatic N) is 2. The van der Waals surface area contributed by atoms with Crippen LogP contribution in [0.15, 0.2) is 47.6 Å². The van der Waals surface area contributed by atoms with Crippen LogP contribution in [-0.2, 0) is 17.8 Å². The molecule has 0 radical (unpaired) electrons. The smallest absolute Gasteiger partial charge is 0.290 e. The first-order valence-electron chi connectivity index (χ1n) is 12.2. The van der Waals surface area contributed by atoms with Crippen LogP contribution in [0.25, 0.3) is 22.3 Å². The summed E-state index contributed by atoms with van der Waals surface area (Å²) in [6.45, 7) is 14.6. The number of fused-ring (bicyclic) bond motifs is 3. The Morgan fingerprint density at radius 2 is 1.59 bits per heavy atom. The number of carbonyl (C=O) groups is 1. The number of aliphatic hydroxyl groups is 1. The Labute approximate surface area is 224 Å². The molecule has 4 rings (SSSR count). The summed E-state index contributed by atoms with van der Waals surface area (Å²) in [5, 5.41) is 18.6. The molecule has 6 nitrogen and oxygen atoms in total. The van der Waals surface area contributed by atoms with Crippen molar-refractivity contribution in [3.8, 4) is 22.3 Å². The summed E-state index contributed by atoms with van der Waals surface area (Å²) in [6.07, 6.45) is 3.11. The molecule has 0 atom stereocenters. The number of nitroso groups, excluding NO2 is 1. The predicted octanol–water partition coefficient (Wildman–Crippen LogP) is 7.98. The minimum atomic E-state index is -0.500. The second kappa shape index (κ2) is 12.9. The monoisotopic (exact) mass is 522 g/mol. The molecule has 1 heterocycles. The fraction of sp³-hybridized carbons (Fsp3) is 0.367. The van der Waals surface area contributed by atoms with E-state index in [4.69, 9.17) is 15.0 Å². The summed E-state index contributed by atoms with van der Waals surface area (Å²) in [7, 11) is 0. The molecule has 1 aliphatic rings. The van der Waals surface area contributed by atoms with E-state index in [1.54, 1.807) is 32.7 Å². The molecule has 0 saturated heterocycles. The normalized spacial score (nSPS) is 11.8. The van der Waals surface area contributed by atoms with E-state index < -0.39 is 5.60 Å². The molecule has 0 aromatic heterocycles. The summed E-state index contributed by atoms with van der Waals surface area (Å²) < 4.78 is 2.38. The van der Waals surface area contributed by atoms with Gasteiger partial charge in [-0.1, -0.05) is 54.8 Å². The highest BCUT2D eigenvalue weighted by molar-refractivity contribution is 7.99. The number of rotatable bonds is 4. The van der Waals surface area contributed by atoms with Crippen LogP contribution in [0.2, 0.25) is 0 Å². The molecule has 0 amide bonds. The van der Waals surface area contributed by atoms with Gasteiger partial charge in [-0.2, -0.15) is 0 Å². The SMILES string of the molecule is CC(C)(C)O.CCc1c(C)c2c(c(C)c1-c1ccc(C)cc1)-c1cc(N=O)ccc1CN2SC.O=CO. The van der Waals surface area contributed by atoms with E-state index >= 15 is 0 Å².